The molecule has 1 N–H and O–H groups in total. The van der Waals surface area contributed by atoms with E-state index >= 15 is 0 Å². The summed E-state index contributed by atoms with van der Waals surface area (Å²) in [6, 6.07) is 5.69. The van der Waals surface area contributed by atoms with Gasteiger partial charge in [-0.25, -0.2) is 0 Å². The maximum atomic E-state index is 10.3. The fourth-order valence-corrected chi connectivity index (χ4v) is 0.962. The van der Waals surface area contributed by atoms with Crippen molar-refractivity contribution < 1.29 is 9.66 Å². The van der Waals surface area contributed by atoms with Crippen molar-refractivity contribution in [2.75, 3.05) is 6.61 Å². The third-order valence-electron chi connectivity index (χ3n) is 1.63. The quantitative estimate of drug-likeness (QED) is 0.346. The maximum absolute atomic E-state index is 10.3. The molecule has 0 spiro atoms. The standard InChI is InChI=1S/C9H10N2O3/c1-2-14-9(10)7-3-5-8(6-4-7)11(12)13/h3-6,10H,2H2,1H3. The van der Waals surface area contributed by atoms with E-state index in [4.69, 9.17) is 10.1 Å². The van der Waals surface area contributed by atoms with Crippen molar-refractivity contribution in [1.82, 2.24) is 0 Å². The van der Waals surface area contributed by atoms with Crippen molar-refractivity contribution in [2.45, 2.75) is 6.92 Å². The van der Waals surface area contributed by atoms with Crippen LogP contribution < -0.4 is 0 Å². The van der Waals surface area contributed by atoms with Crippen LogP contribution in [0.15, 0.2) is 24.3 Å². The largest absolute Gasteiger partial charge is 0.478 e. The molecule has 74 valence electrons. The molecule has 0 saturated heterocycles. The molecule has 0 bridgehead atoms. The van der Waals surface area contributed by atoms with Crippen LogP contribution in [0.3, 0.4) is 0 Å². The summed E-state index contributed by atoms with van der Waals surface area (Å²) in [6.07, 6.45) is 0. The molecular weight excluding hydrogens is 184 g/mol. The van der Waals surface area contributed by atoms with E-state index in [1.165, 1.54) is 24.3 Å². The van der Waals surface area contributed by atoms with Crippen LogP contribution in [0.4, 0.5) is 5.69 Å². The van der Waals surface area contributed by atoms with E-state index in [0.29, 0.717) is 12.2 Å². The molecule has 0 aliphatic rings. The minimum absolute atomic E-state index is 0.0121. The smallest absolute Gasteiger partial charge is 0.269 e. The molecule has 1 aromatic carbocycles. The lowest BCUT2D eigenvalue weighted by atomic mass is 10.2. The van der Waals surface area contributed by atoms with Gasteiger partial charge in [0.05, 0.1) is 11.5 Å². The number of nitrogens with one attached hydrogen (secondary N) is 1. The Balaban J connectivity index is 2.83. The van der Waals surface area contributed by atoms with E-state index < -0.39 is 4.92 Å². The topological polar surface area (TPSA) is 76.2 Å². The summed E-state index contributed by atoms with van der Waals surface area (Å²) >= 11 is 0. The van der Waals surface area contributed by atoms with E-state index in [0.717, 1.165) is 0 Å². The summed E-state index contributed by atoms with van der Waals surface area (Å²) in [5, 5.41) is 17.7. The first-order valence-corrected chi connectivity index (χ1v) is 4.11. The fourth-order valence-electron chi connectivity index (χ4n) is 0.962. The fraction of sp³-hybridized carbons (Fsp3) is 0.222. The Bertz CT molecular complexity index is 346. The number of non-ortho nitro benzene ring substituents is 1. The van der Waals surface area contributed by atoms with Crippen LogP contribution >= 0.6 is 0 Å². The van der Waals surface area contributed by atoms with Gasteiger partial charge in [-0.3, -0.25) is 15.5 Å². The van der Waals surface area contributed by atoms with Gasteiger partial charge >= 0.3 is 0 Å². The second-order valence-corrected chi connectivity index (χ2v) is 2.57. The average Bonchev–Trinajstić information content (AvgIpc) is 2.18. The molecule has 1 rings (SSSR count). The number of rotatable bonds is 3. The lowest BCUT2D eigenvalue weighted by Gasteiger charge is -2.03. The van der Waals surface area contributed by atoms with Crippen molar-refractivity contribution in [3.63, 3.8) is 0 Å². The number of nitrogens with zero attached hydrogens (tertiary/aromatic N) is 1. The number of hydrogen-bond acceptors (Lipinski definition) is 4. The number of benzene rings is 1. The molecular formula is C9H10N2O3. The second kappa shape index (κ2) is 4.36. The van der Waals surface area contributed by atoms with Gasteiger partial charge in [0.15, 0.2) is 0 Å². The Morgan fingerprint density at radius 3 is 2.50 bits per heavy atom. The third kappa shape index (κ3) is 2.29. The summed E-state index contributed by atoms with van der Waals surface area (Å²) in [7, 11) is 0. The Hall–Kier alpha value is -1.91. The molecule has 5 heteroatoms. The van der Waals surface area contributed by atoms with Crippen molar-refractivity contribution >= 4 is 11.6 Å². The Morgan fingerprint density at radius 2 is 2.07 bits per heavy atom. The highest BCUT2D eigenvalue weighted by Gasteiger charge is 2.06. The second-order valence-electron chi connectivity index (χ2n) is 2.57. The molecule has 0 unspecified atom stereocenters. The van der Waals surface area contributed by atoms with E-state index in [-0.39, 0.29) is 11.6 Å². The lowest BCUT2D eigenvalue weighted by Crippen LogP contribution is -2.04. The Morgan fingerprint density at radius 1 is 1.50 bits per heavy atom. The molecule has 14 heavy (non-hydrogen) atoms. The first-order chi connectivity index (χ1) is 6.65. The van der Waals surface area contributed by atoms with Crippen LogP contribution in [0.2, 0.25) is 0 Å². The number of nitro benzene ring substituents is 1. The Kier molecular flexibility index (Phi) is 3.17. The summed E-state index contributed by atoms with van der Waals surface area (Å²) in [6.45, 7) is 2.19. The van der Waals surface area contributed by atoms with Crippen molar-refractivity contribution in [3.05, 3.63) is 39.9 Å². The van der Waals surface area contributed by atoms with Gasteiger partial charge in [0.1, 0.15) is 0 Å². The van der Waals surface area contributed by atoms with E-state index in [1.807, 2.05) is 0 Å². The van der Waals surface area contributed by atoms with Crippen LogP contribution in [-0.2, 0) is 4.74 Å². The first kappa shape index (κ1) is 10.2. The number of hydrogen-bond donors (Lipinski definition) is 1. The first-order valence-electron chi connectivity index (χ1n) is 4.11. The predicted molar refractivity (Wildman–Crippen MR) is 51.6 cm³/mol. The van der Waals surface area contributed by atoms with Crippen LogP contribution in [0, 0.1) is 15.5 Å². The third-order valence-corrected chi connectivity index (χ3v) is 1.63. The van der Waals surface area contributed by atoms with Gasteiger partial charge in [-0.1, -0.05) is 0 Å². The van der Waals surface area contributed by atoms with Crippen LogP contribution in [-0.4, -0.2) is 17.4 Å². The molecule has 0 aromatic heterocycles. The minimum atomic E-state index is -0.478. The van der Waals surface area contributed by atoms with Gasteiger partial charge < -0.3 is 4.74 Å². The summed E-state index contributed by atoms with van der Waals surface area (Å²) in [4.78, 5) is 9.85. The summed E-state index contributed by atoms with van der Waals surface area (Å²) < 4.78 is 4.94. The highest BCUT2D eigenvalue weighted by Crippen LogP contribution is 2.12. The molecule has 0 aliphatic carbocycles. The highest BCUT2D eigenvalue weighted by atomic mass is 16.6. The van der Waals surface area contributed by atoms with Gasteiger partial charge in [-0.05, 0) is 19.1 Å². The van der Waals surface area contributed by atoms with Gasteiger partial charge in [-0.15, -0.1) is 0 Å². The van der Waals surface area contributed by atoms with Gasteiger partial charge in [-0.2, -0.15) is 0 Å². The molecule has 0 fully saturated rings. The maximum Gasteiger partial charge on any atom is 0.269 e. The highest BCUT2D eigenvalue weighted by molar-refractivity contribution is 5.91. The predicted octanol–water partition coefficient (Wildman–Crippen LogP) is 1.96. The zero-order valence-corrected chi connectivity index (χ0v) is 7.69. The van der Waals surface area contributed by atoms with E-state index in [2.05, 4.69) is 0 Å². The van der Waals surface area contributed by atoms with Crippen molar-refractivity contribution in [3.8, 4) is 0 Å². The minimum Gasteiger partial charge on any atom is -0.478 e. The van der Waals surface area contributed by atoms with Gasteiger partial charge in [0.25, 0.3) is 5.69 Å². The zero-order valence-electron chi connectivity index (χ0n) is 7.69. The van der Waals surface area contributed by atoms with E-state index in [1.54, 1.807) is 6.92 Å². The number of nitro groups is 1. The Labute approximate surface area is 81.0 Å². The number of ether oxygens (including phenoxy) is 1. The molecule has 5 nitrogen and oxygen atoms in total. The molecule has 0 saturated carbocycles. The summed E-state index contributed by atoms with van der Waals surface area (Å²) in [5.41, 5.74) is 0.551. The lowest BCUT2D eigenvalue weighted by molar-refractivity contribution is -0.384. The molecule has 0 amide bonds. The molecule has 0 heterocycles. The van der Waals surface area contributed by atoms with Crippen LogP contribution in [0.1, 0.15) is 12.5 Å². The van der Waals surface area contributed by atoms with Crippen molar-refractivity contribution in [2.24, 2.45) is 0 Å². The summed E-state index contributed by atoms with van der Waals surface area (Å²) in [5.74, 6) is 0.0300. The van der Waals surface area contributed by atoms with Gasteiger partial charge in [0.2, 0.25) is 5.90 Å². The SMILES string of the molecule is CCOC(=N)c1ccc([N+](=O)[O-])cc1. The van der Waals surface area contributed by atoms with Gasteiger partial charge in [0, 0.05) is 17.7 Å². The molecule has 0 atom stereocenters. The average molecular weight is 194 g/mol. The molecule has 1 aromatic rings. The monoisotopic (exact) mass is 194 g/mol. The van der Waals surface area contributed by atoms with Crippen LogP contribution in [0.25, 0.3) is 0 Å². The van der Waals surface area contributed by atoms with E-state index in [9.17, 15) is 10.1 Å². The normalized spacial score (nSPS) is 9.50. The molecule has 0 radical (unpaired) electrons. The molecule has 0 aliphatic heterocycles. The zero-order chi connectivity index (χ0) is 10.6. The van der Waals surface area contributed by atoms with Crippen LogP contribution in [0.5, 0.6) is 0 Å². The van der Waals surface area contributed by atoms with Crippen molar-refractivity contribution in [1.29, 1.82) is 5.41 Å².